The van der Waals surface area contributed by atoms with Gasteiger partial charge in [-0.1, -0.05) is 84.5 Å². The number of methoxy groups -OCH3 is 1. The minimum Gasteiger partial charge on any atom is -0.469 e. The third-order valence-electron chi connectivity index (χ3n) is 6.66. The molecule has 0 aromatic carbocycles. The van der Waals surface area contributed by atoms with Gasteiger partial charge < -0.3 is 19.7 Å². The van der Waals surface area contributed by atoms with Gasteiger partial charge in [-0.05, 0) is 51.9 Å². The van der Waals surface area contributed by atoms with E-state index < -0.39 is 17.8 Å². The zero-order valence-electron chi connectivity index (χ0n) is 23.5. The van der Waals surface area contributed by atoms with Crippen LogP contribution in [0.1, 0.15) is 143 Å². The standard InChI is InChI=1S/C29H56O6/c1-6-7-8-9-12-15-20-26(25(30)19-14-11-10-13-16-21-27(31)34-5)35-28(32)23-24(2)18-17-22-29(3,4)33/h24-26,30,33H,6-23H2,1-5H3. The molecule has 6 nitrogen and oxygen atoms in total. The van der Waals surface area contributed by atoms with Crippen molar-refractivity contribution in [1.29, 1.82) is 0 Å². The summed E-state index contributed by atoms with van der Waals surface area (Å²) in [5.74, 6) is -0.188. The predicted molar refractivity (Wildman–Crippen MR) is 142 cm³/mol. The molecular weight excluding hydrogens is 444 g/mol. The number of esters is 2. The van der Waals surface area contributed by atoms with Crippen molar-refractivity contribution in [1.82, 2.24) is 0 Å². The van der Waals surface area contributed by atoms with E-state index in [1.807, 2.05) is 20.8 Å². The molecule has 3 unspecified atom stereocenters. The number of aliphatic hydroxyl groups is 2. The summed E-state index contributed by atoms with van der Waals surface area (Å²) in [6.45, 7) is 7.87. The Morgan fingerprint density at radius 1 is 0.800 bits per heavy atom. The summed E-state index contributed by atoms with van der Waals surface area (Å²) < 4.78 is 10.5. The number of hydrogen-bond donors (Lipinski definition) is 2. The Balaban J connectivity index is 4.45. The van der Waals surface area contributed by atoms with Gasteiger partial charge in [-0.25, -0.2) is 0 Å². The first-order valence-electron chi connectivity index (χ1n) is 14.3. The molecule has 2 N–H and O–H groups in total. The van der Waals surface area contributed by atoms with Crippen LogP contribution in [0.15, 0.2) is 0 Å². The highest BCUT2D eigenvalue weighted by molar-refractivity contribution is 5.70. The highest BCUT2D eigenvalue weighted by Crippen LogP contribution is 2.21. The fourth-order valence-corrected chi connectivity index (χ4v) is 4.38. The fourth-order valence-electron chi connectivity index (χ4n) is 4.38. The van der Waals surface area contributed by atoms with E-state index in [1.54, 1.807) is 0 Å². The molecule has 0 rings (SSSR count). The molecule has 35 heavy (non-hydrogen) atoms. The van der Waals surface area contributed by atoms with Gasteiger partial charge in [0.25, 0.3) is 0 Å². The first-order chi connectivity index (χ1) is 16.6. The van der Waals surface area contributed by atoms with Crippen molar-refractivity contribution in [2.45, 2.75) is 161 Å². The average molecular weight is 501 g/mol. The second-order valence-corrected chi connectivity index (χ2v) is 11.0. The Kier molecular flexibility index (Phi) is 20.3. The van der Waals surface area contributed by atoms with Crippen LogP contribution in [0, 0.1) is 5.92 Å². The average Bonchev–Trinajstić information content (AvgIpc) is 2.78. The molecular formula is C29H56O6. The van der Waals surface area contributed by atoms with Crippen molar-refractivity contribution in [3.8, 4) is 0 Å². The van der Waals surface area contributed by atoms with E-state index in [0.717, 1.165) is 57.8 Å². The number of unbranched alkanes of at least 4 members (excludes halogenated alkanes) is 9. The van der Waals surface area contributed by atoms with Crippen molar-refractivity contribution in [2.75, 3.05) is 7.11 Å². The van der Waals surface area contributed by atoms with Crippen LogP contribution in [0.25, 0.3) is 0 Å². The topological polar surface area (TPSA) is 93.1 Å². The van der Waals surface area contributed by atoms with E-state index in [2.05, 4.69) is 11.7 Å². The van der Waals surface area contributed by atoms with Gasteiger partial charge in [0.1, 0.15) is 6.10 Å². The van der Waals surface area contributed by atoms with Crippen LogP contribution in [-0.4, -0.2) is 47.1 Å². The van der Waals surface area contributed by atoms with Gasteiger partial charge in [-0.3, -0.25) is 9.59 Å². The van der Waals surface area contributed by atoms with Gasteiger partial charge in [-0.2, -0.15) is 0 Å². The first kappa shape index (κ1) is 33.9. The van der Waals surface area contributed by atoms with Crippen molar-refractivity contribution in [3.05, 3.63) is 0 Å². The quantitative estimate of drug-likeness (QED) is 0.117. The van der Waals surface area contributed by atoms with Gasteiger partial charge in [0.2, 0.25) is 0 Å². The molecule has 6 heteroatoms. The largest absolute Gasteiger partial charge is 0.469 e. The third kappa shape index (κ3) is 21.8. The Bertz CT molecular complexity index is 528. The molecule has 0 saturated carbocycles. The maximum absolute atomic E-state index is 12.6. The van der Waals surface area contributed by atoms with E-state index >= 15 is 0 Å². The highest BCUT2D eigenvalue weighted by atomic mass is 16.6. The number of carbonyl (C=O) groups is 2. The van der Waals surface area contributed by atoms with Gasteiger partial charge >= 0.3 is 11.9 Å². The molecule has 0 aliphatic heterocycles. The maximum atomic E-state index is 12.6. The molecule has 0 aromatic rings. The van der Waals surface area contributed by atoms with Crippen molar-refractivity contribution < 1.29 is 29.3 Å². The van der Waals surface area contributed by atoms with Crippen LogP contribution < -0.4 is 0 Å². The number of aliphatic hydroxyl groups excluding tert-OH is 1. The van der Waals surface area contributed by atoms with Crippen LogP contribution in [-0.2, 0) is 19.1 Å². The van der Waals surface area contributed by atoms with Crippen LogP contribution in [0.5, 0.6) is 0 Å². The number of ether oxygens (including phenoxy) is 2. The summed E-state index contributed by atoms with van der Waals surface area (Å²) in [7, 11) is 1.41. The maximum Gasteiger partial charge on any atom is 0.306 e. The van der Waals surface area contributed by atoms with E-state index in [1.165, 1.54) is 32.8 Å². The summed E-state index contributed by atoms with van der Waals surface area (Å²) in [5.41, 5.74) is -0.673. The number of rotatable bonds is 23. The van der Waals surface area contributed by atoms with Crippen molar-refractivity contribution in [3.63, 3.8) is 0 Å². The molecule has 208 valence electrons. The molecule has 0 bridgehead atoms. The third-order valence-corrected chi connectivity index (χ3v) is 6.66. The lowest BCUT2D eigenvalue weighted by Crippen LogP contribution is -2.32. The lowest BCUT2D eigenvalue weighted by molar-refractivity contribution is -0.157. The van der Waals surface area contributed by atoms with Gasteiger partial charge in [0, 0.05) is 12.8 Å². The SMILES string of the molecule is CCCCCCCCC(OC(=O)CC(C)CCCC(C)(C)O)C(O)CCCCCCCC(=O)OC. The van der Waals surface area contributed by atoms with E-state index in [-0.39, 0.29) is 17.9 Å². The summed E-state index contributed by atoms with van der Waals surface area (Å²) in [6, 6.07) is 0. The molecule has 0 heterocycles. The summed E-state index contributed by atoms with van der Waals surface area (Å²) >= 11 is 0. The number of carbonyl (C=O) groups excluding carboxylic acids is 2. The van der Waals surface area contributed by atoms with Crippen molar-refractivity contribution >= 4 is 11.9 Å². The smallest absolute Gasteiger partial charge is 0.306 e. The predicted octanol–water partition coefficient (Wildman–Crippen LogP) is 6.88. The molecule has 0 fully saturated rings. The summed E-state index contributed by atoms with van der Waals surface area (Å²) in [6.07, 6.45) is 15.3. The molecule has 0 aliphatic carbocycles. The molecule has 0 aliphatic rings. The second kappa shape index (κ2) is 21.0. The minimum absolute atomic E-state index is 0.161. The molecule has 0 radical (unpaired) electrons. The molecule has 0 saturated heterocycles. The summed E-state index contributed by atoms with van der Waals surface area (Å²) in [5, 5.41) is 20.7. The fraction of sp³-hybridized carbons (Fsp3) is 0.931. The monoisotopic (exact) mass is 500 g/mol. The Morgan fingerprint density at radius 2 is 1.37 bits per heavy atom. The molecule has 0 spiro atoms. The Labute approximate surface area is 215 Å². The van der Waals surface area contributed by atoms with Gasteiger partial charge in [-0.15, -0.1) is 0 Å². The van der Waals surface area contributed by atoms with Gasteiger partial charge in [0.15, 0.2) is 0 Å². The van der Waals surface area contributed by atoms with E-state index in [9.17, 15) is 19.8 Å². The number of hydrogen-bond acceptors (Lipinski definition) is 6. The molecule has 0 amide bonds. The summed E-state index contributed by atoms with van der Waals surface area (Å²) in [4.78, 5) is 23.8. The minimum atomic E-state index is -0.673. The van der Waals surface area contributed by atoms with Crippen LogP contribution in [0.2, 0.25) is 0 Å². The normalized spacial score (nSPS) is 14.4. The lowest BCUT2D eigenvalue weighted by Gasteiger charge is -2.24. The van der Waals surface area contributed by atoms with Crippen LogP contribution >= 0.6 is 0 Å². The van der Waals surface area contributed by atoms with Crippen LogP contribution in [0.3, 0.4) is 0 Å². The van der Waals surface area contributed by atoms with Gasteiger partial charge in [0.05, 0.1) is 18.8 Å². The second-order valence-electron chi connectivity index (χ2n) is 11.0. The zero-order chi connectivity index (χ0) is 26.5. The van der Waals surface area contributed by atoms with E-state index in [4.69, 9.17) is 4.74 Å². The Hall–Kier alpha value is -1.14. The Morgan fingerprint density at radius 3 is 1.97 bits per heavy atom. The lowest BCUT2D eigenvalue weighted by atomic mass is 9.95. The first-order valence-corrected chi connectivity index (χ1v) is 14.3. The zero-order valence-corrected chi connectivity index (χ0v) is 23.5. The molecule has 0 aromatic heterocycles. The highest BCUT2D eigenvalue weighted by Gasteiger charge is 2.24. The van der Waals surface area contributed by atoms with E-state index in [0.29, 0.717) is 32.1 Å². The van der Waals surface area contributed by atoms with Crippen LogP contribution in [0.4, 0.5) is 0 Å². The molecule has 3 atom stereocenters. The van der Waals surface area contributed by atoms with Crippen molar-refractivity contribution in [2.24, 2.45) is 5.92 Å².